The molecule has 0 heterocycles. The zero-order valence-corrected chi connectivity index (χ0v) is 8.01. The second-order valence-corrected chi connectivity index (χ2v) is 4.14. The summed E-state index contributed by atoms with van der Waals surface area (Å²) in [6.07, 6.45) is 0.758. The van der Waals surface area contributed by atoms with E-state index in [1.807, 2.05) is 0 Å². The zero-order chi connectivity index (χ0) is 10.1. The molecule has 1 rings (SSSR count). The van der Waals surface area contributed by atoms with Crippen LogP contribution in [0, 0.1) is 0 Å². The lowest BCUT2D eigenvalue weighted by atomic mass is 10.1. The second kappa shape index (κ2) is 3.62. The first kappa shape index (κ1) is 10.4. The van der Waals surface area contributed by atoms with Crippen molar-refractivity contribution in [1.82, 2.24) is 5.32 Å². The molecule has 0 bridgehead atoms. The molecule has 2 N–H and O–H groups in total. The average Bonchev–Trinajstić information content (AvgIpc) is 2.33. The highest BCUT2D eigenvalue weighted by Gasteiger charge is 2.30. The van der Waals surface area contributed by atoms with Crippen molar-refractivity contribution in [3.05, 3.63) is 0 Å². The highest BCUT2D eigenvalue weighted by molar-refractivity contribution is 5.84. The van der Waals surface area contributed by atoms with E-state index < -0.39 is 17.7 Å². The van der Waals surface area contributed by atoms with Gasteiger partial charge in [-0.05, 0) is 33.1 Å². The Labute approximate surface area is 77.3 Å². The van der Waals surface area contributed by atoms with Crippen LogP contribution in [-0.2, 0) is 4.79 Å². The van der Waals surface area contributed by atoms with Crippen LogP contribution in [0.5, 0.6) is 0 Å². The molecule has 0 radical (unpaired) electrons. The fourth-order valence-electron chi connectivity index (χ4n) is 1.42. The number of amides is 1. The number of carbonyl (C=O) groups excluding carboxylic acids is 1. The molecular formula is C9H16FNO2. The van der Waals surface area contributed by atoms with E-state index in [0.717, 1.165) is 0 Å². The fraction of sp³-hybridized carbons (Fsp3) is 0.889. The summed E-state index contributed by atoms with van der Waals surface area (Å²) in [7, 11) is 0. The van der Waals surface area contributed by atoms with Crippen LogP contribution >= 0.6 is 0 Å². The first-order chi connectivity index (χ1) is 5.89. The maximum absolute atomic E-state index is 12.7. The van der Waals surface area contributed by atoms with E-state index in [0.29, 0.717) is 19.3 Å². The topological polar surface area (TPSA) is 49.3 Å². The van der Waals surface area contributed by atoms with Crippen LogP contribution in [-0.4, -0.2) is 28.8 Å². The monoisotopic (exact) mass is 189 g/mol. The molecule has 1 saturated carbocycles. The lowest BCUT2D eigenvalue weighted by molar-refractivity contribution is -0.137. The summed E-state index contributed by atoms with van der Waals surface area (Å²) in [5.74, 6) is -0.424. The Morgan fingerprint density at radius 1 is 1.54 bits per heavy atom. The van der Waals surface area contributed by atoms with E-state index in [1.165, 1.54) is 13.8 Å². The van der Waals surface area contributed by atoms with Gasteiger partial charge in [0.1, 0.15) is 11.8 Å². The van der Waals surface area contributed by atoms with Crippen LogP contribution in [0.3, 0.4) is 0 Å². The Balaban J connectivity index is 2.37. The van der Waals surface area contributed by atoms with Crippen LogP contribution in [0.15, 0.2) is 0 Å². The van der Waals surface area contributed by atoms with Crippen molar-refractivity contribution in [2.75, 3.05) is 0 Å². The number of hydrogen-bond donors (Lipinski definition) is 2. The van der Waals surface area contributed by atoms with Gasteiger partial charge in [0.25, 0.3) is 5.91 Å². The molecule has 0 aliphatic heterocycles. The van der Waals surface area contributed by atoms with Gasteiger partial charge in [0.2, 0.25) is 0 Å². The van der Waals surface area contributed by atoms with Gasteiger partial charge in [0.15, 0.2) is 0 Å². The van der Waals surface area contributed by atoms with E-state index in [4.69, 9.17) is 0 Å². The van der Waals surface area contributed by atoms with Gasteiger partial charge in [-0.1, -0.05) is 0 Å². The molecule has 1 fully saturated rings. The minimum Gasteiger partial charge on any atom is -0.381 e. The quantitative estimate of drug-likeness (QED) is 0.674. The van der Waals surface area contributed by atoms with E-state index in [2.05, 4.69) is 5.32 Å². The molecule has 4 heteroatoms. The van der Waals surface area contributed by atoms with Gasteiger partial charge in [-0.15, -0.1) is 0 Å². The normalized spacial score (nSPS) is 28.9. The standard InChI is InChI=1S/C9H16FNO2/c1-9(2,13)8(12)11-7-4-3-6(10)5-7/h6-7,13H,3-5H2,1-2H3,(H,11,12). The molecule has 0 spiro atoms. The molecule has 2 unspecified atom stereocenters. The van der Waals surface area contributed by atoms with Crippen molar-refractivity contribution in [2.45, 2.75) is 50.9 Å². The van der Waals surface area contributed by atoms with Crippen molar-refractivity contribution >= 4 is 5.91 Å². The van der Waals surface area contributed by atoms with Crippen LogP contribution < -0.4 is 5.32 Å². The van der Waals surface area contributed by atoms with Gasteiger partial charge < -0.3 is 10.4 Å². The van der Waals surface area contributed by atoms with Crippen LogP contribution in [0.2, 0.25) is 0 Å². The number of halogens is 1. The van der Waals surface area contributed by atoms with E-state index in [1.54, 1.807) is 0 Å². The van der Waals surface area contributed by atoms with Crippen LogP contribution in [0.25, 0.3) is 0 Å². The largest absolute Gasteiger partial charge is 0.381 e. The number of rotatable bonds is 2. The van der Waals surface area contributed by atoms with Gasteiger partial charge >= 0.3 is 0 Å². The Bertz CT molecular complexity index is 200. The molecule has 3 nitrogen and oxygen atoms in total. The summed E-state index contributed by atoms with van der Waals surface area (Å²) >= 11 is 0. The smallest absolute Gasteiger partial charge is 0.251 e. The van der Waals surface area contributed by atoms with Crippen LogP contribution in [0.4, 0.5) is 4.39 Å². The number of alkyl halides is 1. The molecule has 1 aliphatic carbocycles. The lowest BCUT2D eigenvalue weighted by Gasteiger charge is -2.20. The van der Waals surface area contributed by atoms with Gasteiger partial charge in [0, 0.05) is 6.04 Å². The van der Waals surface area contributed by atoms with Gasteiger partial charge in [0.05, 0.1) is 0 Å². The Kier molecular flexibility index (Phi) is 2.91. The Morgan fingerprint density at radius 3 is 2.54 bits per heavy atom. The van der Waals surface area contributed by atoms with Gasteiger partial charge in [-0.3, -0.25) is 4.79 Å². The third-order valence-electron chi connectivity index (χ3n) is 2.26. The maximum atomic E-state index is 12.7. The summed E-state index contributed by atoms with van der Waals surface area (Å²) in [6.45, 7) is 2.84. The van der Waals surface area contributed by atoms with E-state index >= 15 is 0 Å². The molecule has 76 valence electrons. The van der Waals surface area contributed by atoms with E-state index in [-0.39, 0.29) is 6.04 Å². The first-order valence-corrected chi connectivity index (χ1v) is 4.57. The molecule has 2 atom stereocenters. The number of aliphatic hydroxyl groups is 1. The summed E-state index contributed by atoms with van der Waals surface area (Å²) in [4.78, 5) is 11.2. The number of hydrogen-bond acceptors (Lipinski definition) is 2. The second-order valence-electron chi connectivity index (χ2n) is 4.14. The molecule has 1 amide bonds. The Hall–Kier alpha value is -0.640. The predicted molar refractivity (Wildman–Crippen MR) is 47.0 cm³/mol. The minimum atomic E-state index is -1.37. The van der Waals surface area contributed by atoms with Gasteiger partial charge in [-0.2, -0.15) is 0 Å². The van der Waals surface area contributed by atoms with Crippen molar-refractivity contribution in [3.63, 3.8) is 0 Å². The molecule has 13 heavy (non-hydrogen) atoms. The highest BCUT2D eigenvalue weighted by atomic mass is 19.1. The van der Waals surface area contributed by atoms with E-state index in [9.17, 15) is 14.3 Å². The third kappa shape index (κ3) is 2.95. The molecule has 0 aromatic heterocycles. The molecular weight excluding hydrogens is 173 g/mol. The van der Waals surface area contributed by atoms with Crippen molar-refractivity contribution in [1.29, 1.82) is 0 Å². The minimum absolute atomic E-state index is 0.103. The molecule has 0 aromatic rings. The summed E-state index contributed by atoms with van der Waals surface area (Å²) in [6, 6.07) is -0.103. The Morgan fingerprint density at radius 2 is 2.15 bits per heavy atom. The first-order valence-electron chi connectivity index (χ1n) is 4.57. The third-order valence-corrected chi connectivity index (χ3v) is 2.26. The number of nitrogens with one attached hydrogen (secondary N) is 1. The molecule has 0 saturated heterocycles. The van der Waals surface area contributed by atoms with Crippen LogP contribution in [0.1, 0.15) is 33.1 Å². The fourth-order valence-corrected chi connectivity index (χ4v) is 1.42. The average molecular weight is 189 g/mol. The number of carbonyl (C=O) groups is 1. The SMILES string of the molecule is CC(C)(O)C(=O)NC1CCC(F)C1. The summed E-state index contributed by atoms with van der Waals surface area (Å²) in [5, 5.41) is 11.9. The van der Waals surface area contributed by atoms with Gasteiger partial charge in [-0.25, -0.2) is 4.39 Å². The maximum Gasteiger partial charge on any atom is 0.251 e. The summed E-state index contributed by atoms with van der Waals surface area (Å²) < 4.78 is 12.7. The highest BCUT2D eigenvalue weighted by Crippen LogP contribution is 2.22. The summed E-state index contributed by atoms with van der Waals surface area (Å²) in [5.41, 5.74) is -1.37. The lowest BCUT2D eigenvalue weighted by Crippen LogP contribution is -2.46. The molecule has 0 aromatic carbocycles. The van der Waals surface area contributed by atoms with Crippen molar-refractivity contribution in [2.24, 2.45) is 0 Å². The predicted octanol–water partition coefficient (Wildman–Crippen LogP) is 0.764. The zero-order valence-electron chi connectivity index (χ0n) is 8.01. The molecule has 1 aliphatic rings. The van der Waals surface area contributed by atoms with Crippen molar-refractivity contribution in [3.8, 4) is 0 Å². The van der Waals surface area contributed by atoms with Crippen molar-refractivity contribution < 1.29 is 14.3 Å².